The number of nitrogens with zero attached hydrogens (tertiary/aromatic N) is 2. The highest BCUT2D eigenvalue weighted by Gasteiger charge is 2.33. The van der Waals surface area contributed by atoms with E-state index in [9.17, 15) is 9.59 Å². The molecule has 1 aliphatic carbocycles. The molecule has 102 valence electrons. The van der Waals surface area contributed by atoms with E-state index in [1.165, 1.54) is 4.90 Å². The number of carbonyl (C=O) groups is 2. The number of aliphatic carboxylic acids is 1. The maximum absolute atomic E-state index is 12.0. The van der Waals surface area contributed by atoms with Crippen LogP contribution in [0.15, 0.2) is 18.5 Å². The Morgan fingerprint density at radius 2 is 2.26 bits per heavy atom. The van der Waals surface area contributed by atoms with Gasteiger partial charge in [-0.3, -0.25) is 9.78 Å². The van der Waals surface area contributed by atoms with Gasteiger partial charge in [-0.2, -0.15) is 0 Å². The Morgan fingerprint density at radius 1 is 1.53 bits per heavy atom. The Balaban J connectivity index is 1.92. The molecule has 1 aromatic heterocycles. The van der Waals surface area contributed by atoms with Crippen molar-refractivity contribution in [3.05, 3.63) is 29.6 Å². The fourth-order valence-electron chi connectivity index (χ4n) is 1.85. The summed E-state index contributed by atoms with van der Waals surface area (Å²) in [4.78, 5) is 28.1. The van der Waals surface area contributed by atoms with Crippen LogP contribution in [0, 0.1) is 6.92 Å². The lowest BCUT2D eigenvalue weighted by Gasteiger charge is -2.20. The molecule has 1 heterocycles. The molecule has 1 fully saturated rings. The third-order valence-corrected chi connectivity index (χ3v) is 3.13. The molecule has 0 atom stereocenters. The minimum Gasteiger partial charge on any atom is -0.480 e. The number of hydrogen-bond donors (Lipinski definition) is 2. The molecule has 6 heteroatoms. The van der Waals surface area contributed by atoms with Crippen molar-refractivity contribution in [1.82, 2.24) is 15.2 Å². The molecule has 1 aromatic rings. The average molecular weight is 263 g/mol. The number of carboxylic acids is 1. The first kappa shape index (κ1) is 13.3. The number of aryl methyl sites for hydroxylation is 1. The molecule has 0 aliphatic heterocycles. The van der Waals surface area contributed by atoms with Gasteiger partial charge in [-0.05, 0) is 37.0 Å². The predicted molar refractivity (Wildman–Crippen MR) is 68.6 cm³/mol. The molecule has 2 amide bonds. The van der Waals surface area contributed by atoms with Crippen LogP contribution in [0.5, 0.6) is 0 Å². The fraction of sp³-hybridized carbons (Fsp3) is 0.462. The molecule has 0 unspecified atom stereocenters. The number of amides is 2. The molecular weight excluding hydrogens is 246 g/mol. The van der Waals surface area contributed by atoms with E-state index in [1.54, 1.807) is 12.4 Å². The monoisotopic (exact) mass is 263 g/mol. The van der Waals surface area contributed by atoms with Gasteiger partial charge in [0, 0.05) is 25.0 Å². The maximum Gasteiger partial charge on any atom is 0.323 e. The number of aromatic nitrogens is 1. The van der Waals surface area contributed by atoms with Crippen molar-refractivity contribution in [1.29, 1.82) is 0 Å². The van der Waals surface area contributed by atoms with Gasteiger partial charge < -0.3 is 15.3 Å². The summed E-state index contributed by atoms with van der Waals surface area (Å²) in [6, 6.07) is 1.62. The number of nitrogens with one attached hydrogen (secondary N) is 1. The molecule has 1 aliphatic rings. The second-order valence-electron chi connectivity index (χ2n) is 4.71. The van der Waals surface area contributed by atoms with E-state index in [4.69, 9.17) is 5.11 Å². The summed E-state index contributed by atoms with van der Waals surface area (Å²) in [5.41, 5.74) is 1.98. The number of urea groups is 1. The van der Waals surface area contributed by atoms with E-state index in [-0.39, 0.29) is 18.6 Å². The lowest BCUT2D eigenvalue weighted by atomic mass is 10.2. The molecule has 19 heavy (non-hydrogen) atoms. The van der Waals surface area contributed by atoms with E-state index < -0.39 is 5.97 Å². The predicted octanol–water partition coefficient (Wildman–Crippen LogP) is 1.15. The Morgan fingerprint density at radius 3 is 2.84 bits per heavy atom. The van der Waals surface area contributed by atoms with E-state index >= 15 is 0 Å². The van der Waals surface area contributed by atoms with Crippen LogP contribution in [0.1, 0.15) is 24.0 Å². The zero-order valence-electron chi connectivity index (χ0n) is 10.8. The van der Waals surface area contributed by atoms with Crippen LogP contribution >= 0.6 is 0 Å². The second kappa shape index (κ2) is 5.69. The first-order valence-electron chi connectivity index (χ1n) is 6.23. The van der Waals surface area contributed by atoms with Gasteiger partial charge in [-0.25, -0.2) is 4.79 Å². The molecule has 0 spiro atoms. The Kier molecular flexibility index (Phi) is 3.99. The largest absolute Gasteiger partial charge is 0.480 e. The minimum absolute atomic E-state index is 0.0751. The van der Waals surface area contributed by atoms with Crippen molar-refractivity contribution in [2.45, 2.75) is 32.4 Å². The molecule has 6 nitrogen and oxygen atoms in total. The van der Waals surface area contributed by atoms with Crippen LogP contribution in [-0.4, -0.2) is 39.6 Å². The van der Waals surface area contributed by atoms with E-state index in [0.717, 1.165) is 24.0 Å². The molecule has 1 saturated carbocycles. The number of pyridine rings is 1. The summed E-state index contributed by atoms with van der Waals surface area (Å²) in [6.45, 7) is 2.06. The Hall–Kier alpha value is -2.11. The molecule has 0 saturated heterocycles. The molecule has 2 rings (SSSR count). The SMILES string of the molecule is Cc1ccncc1CNC(=O)N(CC(=O)O)C1CC1. The highest BCUT2D eigenvalue weighted by Crippen LogP contribution is 2.26. The summed E-state index contributed by atoms with van der Waals surface area (Å²) in [7, 11) is 0. The normalized spacial score (nSPS) is 13.9. The summed E-state index contributed by atoms with van der Waals surface area (Å²) in [6.07, 6.45) is 5.16. The number of carboxylic acid groups (broad SMARTS) is 1. The average Bonchev–Trinajstić information content (AvgIpc) is 3.18. The van der Waals surface area contributed by atoms with Crippen LogP contribution < -0.4 is 5.32 Å². The molecular formula is C13H17N3O3. The lowest BCUT2D eigenvalue weighted by molar-refractivity contribution is -0.137. The summed E-state index contributed by atoms with van der Waals surface area (Å²) >= 11 is 0. The fourth-order valence-corrected chi connectivity index (χ4v) is 1.85. The third-order valence-electron chi connectivity index (χ3n) is 3.13. The highest BCUT2D eigenvalue weighted by atomic mass is 16.4. The quantitative estimate of drug-likeness (QED) is 0.834. The molecule has 2 N–H and O–H groups in total. The smallest absolute Gasteiger partial charge is 0.323 e. The van der Waals surface area contributed by atoms with Crippen molar-refractivity contribution in [3.63, 3.8) is 0 Å². The minimum atomic E-state index is -0.986. The van der Waals surface area contributed by atoms with Crippen LogP contribution in [0.3, 0.4) is 0 Å². The highest BCUT2D eigenvalue weighted by molar-refractivity contribution is 5.80. The molecule has 0 aromatic carbocycles. The first-order chi connectivity index (χ1) is 9.08. The van der Waals surface area contributed by atoms with Gasteiger partial charge in [-0.15, -0.1) is 0 Å². The maximum atomic E-state index is 12.0. The van der Waals surface area contributed by atoms with Gasteiger partial charge in [0.2, 0.25) is 0 Å². The third kappa shape index (κ3) is 3.67. The van der Waals surface area contributed by atoms with E-state index in [2.05, 4.69) is 10.3 Å². The molecule has 0 radical (unpaired) electrons. The van der Waals surface area contributed by atoms with E-state index in [1.807, 2.05) is 13.0 Å². The van der Waals surface area contributed by atoms with Gasteiger partial charge in [0.1, 0.15) is 6.54 Å². The van der Waals surface area contributed by atoms with Gasteiger partial charge >= 0.3 is 12.0 Å². The number of rotatable bonds is 5. The summed E-state index contributed by atoms with van der Waals surface area (Å²) in [5.74, 6) is -0.986. The zero-order chi connectivity index (χ0) is 13.8. The van der Waals surface area contributed by atoms with E-state index in [0.29, 0.717) is 6.54 Å². The standard InChI is InChI=1S/C13H17N3O3/c1-9-4-5-14-6-10(9)7-15-13(19)16(8-12(17)18)11-2-3-11/h4-6,11H,2-3,7-8H2,1H3,(H,15,19)(H,17,18). The van der Waals surface area contributed by atoms with Gasteiger partial charge in [0.05, 0.1) is 0 Å². The lowest BCUT2D eigenvalue weighted by Crippen LogP contribution is -2.43. The van der Waals surface area contributed by atoms with Crippen LogP contribution in [0.25, 0.3) is 0 Å². The Bertz CT molecular complexity index is 486. The zero-order valence-corrected chi connectivity index (χ0v) is 10.8. The van der Waals surface area contributed by atoms with Gasteiger partial charge in [-0.1, -0.05) is 0 Å². The summed E-state index contributed by atoms with van der Waals surface area (Å²) in [5, 5.41) is 11.6. The van der Waals surface area contributed by atoms with Crippen molar-refractivity contribution >= 4 is 12.0 Å². The number of carbonyl (C=O) groups excluding carboxylic acids is 1. The number of hydrogen-bond acceptors (Lipinski definition) is 3. The summed E-state index contributed by atoms with van der Waals surface area (Å²) < 4.78 is 0. The second-order valence-corrected chi connectivity index (χ2v) is 4.71. The first-order valence-corrected chi connectivity index (χ1v) is 6.23. The van der Waals surface area contributed by atoms with Crippen LogP contribution in [0.2, 0.25) is 0 Å². The van der Waals surface area contributed by atoms with Crippen LogP contribution in [0.4, 0.5) is 4.79 Å². The van der Waals surface area contributed by atoms with Crippen molar-refractivity contribution in [2.24, 2.45) is 0 Å². The van der Waals surface area contributed by atoms with Crippen LogP contribution in [-0.2, 0) is 11.3 Å². The van der Waals surface area contributed by atoms with Crippen molar-refractivity contribution < 1.29 is 14.7 Å². The van der Waals surface area contributed by atoms with Gasteiger partial charge in [0.15, 0.2) is 0 Å². The Labute approximate surface area is 111 Å². The van der Waals surface area contributed by atoms with Crippen molar-refractivity contribution in [2.75, 3.05) is 6.54 Å². The molecule has 0 bridgehead atoms. The topological polar surface area (TPSA) is 82.5 Å². The van der Waals surface area contributed by atoms with Crippen molar-refractivity contribution in [3.8, 4) is 0 Å². The van der Waals surface area contributed by atoms with Gasteiger partial charge in [0.25, 0.3) is 0 Å².